The molecule has 1 aromatic heterocycles. The molecule has 1 aliphatic rings. The van der Waals surface area contributed by atoms with E-state index in [4.69, 9.17) is 18.6 Å². The molecule has 0 saturated heterocycles. The summed E-state index contributed by atoms with van der Waals surface area (Å²) in [7, 11) is -1.01. The van der Waals surface area contributed by atoms with Crippen LogP contribution in [0.15, 0.2) is 95.7 Å². The summed E-state index contributed by atoms with van der Waals surface area (Å²) in [4.78, 5) is 43.5. The van der Waals surface area contributed by atoms with Gasteiger partial charge in [-0.25, -0.2) is 4.21 Å². The Hall–Kier alpha value is -4.58. The molecule has 4 rings (SSSR count). The third-order valence-electron chi connectivity index (χ3n) is 6.44. The van der Waals surface area contributed by atoms with E-state index in [1.807, 2.05) is 61.5 Å². The molecule has 0 radical (unpaired) electrons. The third-order valence-corrected chi connectivity index (χ3v) is 6.44. The lowest BCUT2D eigenvalue weighted by molar-refractivity contribution is -0.121. The van der Waals surface area contributed by atoms with Gasteiger partial charge in [0.05, 0.1) is 20.3 Å². The Balaban J connectivity index is 0.000000892. The van der Waals surface area contributed by atoms with Crippen LogP contribution in [0.3, 0.4) is 0 Å². The number of ketones is 2. The number of nitrogens with one attached hydrogen (secondary N) is 1. The van der Waals surface area contributed by atoms with Gasteiger partial charge in [0.25, 0.3) is 5.91 Å². The smallest absolute Gasteiger partial charge is 0.252 e. The molecule has 0 aliphatic heterocycles. The fourth-order valence-electron chi connectivity index (χ4n) is 4.38. The first kappa shape index (κ1) is 31.9. The number of Topliss-reactive ketones (excluding diaryl/α,β-unsaturated/α-hetero) is 2. The first-order valence-corrected chi connectivity index (χ1v) is 14.3. The maximum Gasteiger partial charge on any atom is 0.252 e. The lowest BCUT2D eigenvalue weighted by atomic mass is 9.87. The van der Waals surface area contributed by atoms with Crippen LogP contribution in [0.1, 0.15) is 41.4 Å². The van der Waals surface area contributed by atoms with Gasteiger partial charge in [0.15, 0.2) is 10.1 Å². The van der Waals surface area contributed by atoms with Gasteiger partial charge in [-0.3, -0.25) is 28.5 Å². The molecular weight excluding hydrogens is 560 g/mol. The Kier molecular flexibility index (Phi) is 10.5. The summed E-state index contributed by atoms with van der Waals surface area (Å²) in [6.07, 6.45) is 3.50. The quantitative estimate of drug-likeness (QED) is 0.255. The number of amides is 1. The maximum absolute atomic E-state index is 13.5. The van der Waals surface area contributed by atoms with Gasteiger partial charge in [-0.2, -0.15) is 0 Å². The Morgan fingerprint density at radius 2 is 1.55 bits per heavy atom. The lowest BCUT2D eigenvalue weighted by Crippen LogP contribution is -2.27. The molecule has 1 amide bonds. The van der Waals surface area contributed by atoms with E-state index in [1.165, 1.54) is 14.2 Å². The molecule has 220 valence electrons. The maximum atomic E-state index is 13.5. The van der Waals surface area contributed by atoms with E-state index in [0.29, 0.717) is 22.3 Å². The zero-order valence-electron chi connectivity index (χ0n) is 23.6. The van der Waals surface area contributed by atoms with Gasteiger partial charge < -0.3 is 14.8 Å². The second-order valence-electron chi connectivity index (χ2n) is 9.33. The van der Waals surface area contributed by atoms with Crippen LogP contribution in [-0.2, 0) is 35.6 Å². The van der Waals surface area contributed by atoms with E-state index in [1.54, 1.807) is 25.4 Å². The van der Waals surface area contributed by atoms with Crippen LogP contribution in [0.4, 0.5) is 0 Å². The summed E-state index contributed by atoms with van der Waals surface area (Å²) < 4.78 is 34.5. The number of nitrogens with zero attached hydrogens (tertiary/aromatic N) is 1. The molecule has 1 heterocycles. The van der Waals surface area contributed by atoms with Crippen molar-refractivity contribution in [2.24, 2.45) is 0 Å². The van der Waals surface area contributed by atoms with E-state index in [9.17, 15) is 18.6 Å². The molecule has 42 heavy (non-hydrogen) atoms. The van der Waals surface area contributed by atoms with Gasteiger partial charge in [-0.1, -0.05) is 42.5 Å². The summed E-state index contributed by atoms with van der Waals surface area (Å²) in [5, 5.41) is 3.08. The van der Waals surface area contributed by atoms with E-state index in [2.05, 4.69) is 16.2 Å². The molecule has 1 aliphatic carbocycles. The first-order chi connectivity index (χ1) is 19.8. The minimum absolute atomic E-state index is 0.100. The number of hydrogen-bond donors (Lipinski definition) is 3. The Bertz CT molecular complexity index is 1640. The fraction of sp³-hybridized carbons (Fsp3) is 0.194. The van der Waals surface area contributed by atoms with Crippen molar-refractivity contribution in [3.8, 4) is 11.1 Å². The summed E-state index contributed by atoms with van der Waals surface area (Å²) >= 11 is 0. The molecule has 0 spiro atoms. The molecule has 10 nitrogen and oxygen atoms in total. The molecule has 0 bridgehead atoms. The second-order valence-corrected chi connectivity index (χ2v) is 10.5. The van der Waals surface area contributed by atoms with Crippen LogP contribution >= 0.6 is 0 Å². The van der Waals surface area contributed by atoms with Gasteiger partial charge in [0.2, 0.25) is 23.1 Å². The highest BCUT2D eigenvalue weighted by Gasteiger charge is 2.34. The van der Waals surface area contributed by atoms with Crippen LogP contribution in [0, 0.1) is 0 Å². The van der Waals surface area contributed by atoms with Gasteiger partial charge in [-0.05, 0) is 54.3 Å². The monoisotopic (exact) mass is 592 g/mol. The SMILES string of the molecule is C=S(=O)(O)O.COC1=C(OC)C(=O)C(Cc2ccc(-c3ccncc3)c(C(=O)N[C@H](C)c3ccccc3)c2)=C(C)C1=O. The van der Waals surface area contributed by atoms with E-state index in [0.717, 1.165) is 16.7 Å². The minimum atomic E-state index is -3.67. The summed E-state index contributed by atoms with van der Waals surface area (Å²) in [5.74, 6) is 1.15. The highest BCUT2D eigenvalue weighted by atomic mass is 32.2. The van der Waals surface area contributed by atoms with Crippen molar-refractivity contribution in [2.75, 3.05) is 14.2 Å². The minimum Gasteiger partial charge on any atom is -0.489 e. The van der Waals surface area contributed by atoms with Gasteiger partial charge in [-0.15, -0.1) is 0 Å². The number of carbonyl (C=O) groups excluding carboxylic acids is 3. The topological polar surface area (TPSA) is 152 Å². The molecule has 1 atom stereocenters. The molecule has 0 saturated carbocycles. The van der Waals surface area contributed by atoms with Crippen LogP contribution in [0.5, 0.6) is 0 Å². The zero-order chi connectivity index (χ0) is 31.0. The first-order valence-electron chi connectivity index (χ1n) is 12.7. The molecule has 3 N–H and O–H groups in total. The van der Waals surface area contributed by atoms with Gasteiger partial charge in [0.1, 0.15) is 0 Å². The Morgan fingerprint density at radius 1 is 0.976 bits per heavy atom. The normalized spacial score (nSPS) is 14.1. The molecule has 0 fully saturated rings. The van der Waals surface area contributed by atoms with Crippen molar-refractivity contribution in [3.63, 3.8) is 0 Å². The third kappa shape index (κ3) is 8.00. The predicted octanol–water partition coefficient (Wildman–Crippen LogP) is 4.40. The standard InChI is InChI=1S/C30H28N2O5.CH4O3S/c1-18-24(27(34)29(37-4)28(36-3)26(18)33)16-20-10-11-23(22-12-14-31-15-13-22)25(17-20)30(35)32-19(2)21-8-6-5-7-9-21;1-5(2,3)4/h5-15,17,19H,16H2,1-4H3,(H,32,35);1H2,(H2,2,3,4)/t19-;/m1./s1. The number of ether oxygens (including phenoxy) is 2. The molecule has 0 unspecified atom stereocenters. The fourth-order valence-corrected chi connectivity index (χ4v) is 4.38. The van der Waals surface area contributed by atoms with E-state index >= 15 is 0 Å². The Labute approximate surface area is 244 Å². The van der Waals surface area contributed by atoms with Gasteiger partial charge >= 0.3 is 0 Å². The van der Waals surface area contributed by atoms with Crippen molar-refractivity contribution in [2.45, 2.75) is 26.3 Å². The number of aromatic nitrogens is 1. The van der Waals surface area contributed by atoms with Gasteiger partial charge in [0, 0.05) is 41.4 Å². The van der Waals surface area contributed by atoms with Crippen molar-refractivity contribution >= 4 is 33.4 Å². The largest absolute Gasteiger partial charge is 0.489 e. The number of methoxy groups -OCH3 is 2. The summed E-state index contributed by atoms with van der Waals surface area (Å²) in [6.45, 7) is 3.52. The van der Waals surface area contributed by atoms with Crippen LogP contribution < -0.4 is 5.32 Å². The van der Waals surface area contributed by atoms with Crippen LogP contribution in [0.25, 0.3) is 11.1 Å². The number of hydrogen-bond acceptors (Lipinski definition) is 7. The number of carbonyl (C=O) groups is 3. The van der Waals surface area contributed by atoms with Crippen molar-refractivity contribution in [3.05, 3.63) is 112 Å². The molecule has 11 heteroatoms. The zero-order valence-corrected chi connectivity index (χ0v) is 24.4. The van der Waals surface area contributed by atoms with Crippen LogP contribution in [0.2, 0.25) is 0 Å². The molecule has 3 aromatic rings. The van der Waals surface area contributed by atoms with E-state index < -0.39 is 21.6 Å². The second kappa shape index (κ2) is 13.9. The summed E-state index contributed by atoms with van der Waals surface area (Å²) in [6, 6.07) is 18.6. The Morgan fingerprint density at radius 3 is 2.12 bits per heavy atom. The molecule has 2 aromatic carbocycles. The number of benzene rings is 2. The molecular formula is C31H32N2O8S. The predicted molar refractivity (Wildman–Crippen MR) is 160 cm³/mol. The lowest BCUT2D eigenvalue weighted by Gasteiger charge is -2.21. The van der Waals surface area contributed by atoms with Crippen molar-refractivity contribution in [1.29, 1.82) is 0 Å². The van der Waals surface area contributed by atoms with E-state index in [-0.39, 0.29) is 29.9 Å². The highest BCUT2D eigenvalue weighted by molar-refractivity contribution is 7.89. The average Bonchev–Trinajstić information content (AvgIpc) is 2.97. The number of rotatable bonds is 8. The highest BCUT2D eigenvalue weighted by Crippen LogP contribution is 2.30. The average molecular weight is 593 g/mol. The van der Waals surface area contributed by atoms with Crippen molar-refractivity contribution in [1.82, 2.24) is 10.3 Å². The number of allylic oxidation sites excluding steroid dienone is 2. The van der Waals surface area contributed by atoms with Crippen LogP contribution in [-0.4, -0.2) is 55.9 Å². The summed E-state index contributed by atoms with van der Waals surface area (Å²) in [5.41, 5.74) is 4.33. The number of pyridine rings is 1. The van der Waals surface area contributed by atoms with Crippen molar-refractivity contribution < 1.29 is 37.2 Å².